The predicted octanol–water partition coefficient (Wildman–Crippen LogP) is 1.56. The van der Waals surface area contributed by atoms with E-state index in [4.69, 9.17) is 4.74 Å². The summed E-state index contributed by atoms with van der Waals surface area (Å²) in [7, 11) is 0. The van der Waals surface area contributed by atoms with Gasteiger partial charge in [0.2, 0.25) is 0 Å². The molecule has 1 amide bonds. The standard InChI is InChI=1S/C10H9IN2O4/c11-7-3-8(5-9(4-7)13(15)16)12-1-2-17-6-10(12)14/h3-5H,1-2,6H2. The highest BCUT2D eigenvalue weighted by molar-refractivity contribution is 14.1. The van der Waals surface area contributed by atoms with Crippen LogP contribution in [0.25, 0.3) is 0 Å². The van der Waals surface area contributed by atoms with E-state index in [0.29, 0.717) is 18.8 Å². The second kappa shape index (κ2) is 4.96. The summed E-state index contributed by atoms with van der Waals surface area (Å²) in [6.45, 7) is 0.903. The summed E-state index contributed by atoms with van der Waals surface area (Å²) in [4.78, 5) is 23.4. The van der Waals surface area contributed by atoms with Gasteiger partial charge in [-0.15, -0.1) is 0 Å². The Bertz CT molecular complexity index is 477. The van der Waals surface area contributed by atoms with Crippen LogP contribution in [0.3, 0.4) is 0 Å². The van der Waals surface area contributed by atoms with Crippen molar-refractivity contribution in [2.24, 2.45) is 0 Å². The summed E-state index contributed by atoms with van der Waals surface area (Å²) in [5.74, 6) is -0.174. The number of halogens is 1. The van der Waals surface area contributed by atoms with Crippen molar-refractivity contribution in [3.05, 3.63) is 31.9 Å². The topological polar surface area (TPSA) is 72.7 Å². The number of carbonyl (C=O) groups is 1. The van der Waals surface area contributed by atoms with E-state index in [1.165, 1.54) is 17.0 Å². The third-order valence-corrected chi connectivity index (χ3v) is 3.00. The van der Waals surface area contributed by atoms with Crippen LogP contribution in [-0.4, -0.2) is 30.6 Å². The number of hydrogen-bond donors (Lipinski definition) is 0. The van der Waals surface area contributed by atoms with Crippen LogP contribution in [0.5, 0.6) is 0 Å². The van der Waals surface area contributed by atoms with Gasteiger partial charge in [-0.05, 0) is 28.7 Å². The van der Waals surface area contributed by atoms with Crippen LogP contribution in [0.1, 0.15) is 0 Å². The van der Waals surface area contributed by atoms with Gasteiger partial charge in [0.25, 0.3) is 11.6 Å². The van der Waals surface area contributed by atoms with Crippen molar-refractivity contribution >= 4 is 39.9 Å². The molecular weight excluding hydrogens is 339 g/mol. The molecule has 1 aromatic rings. The molecule has 7 heteroatoms. The Morgan fingerprint density at radius 2 is 2.18 bits per heavy atom. The summed E-state index contributed by atoms with van der Waals surface area (Å²) in [6.07, 6.45) is 0. The highest BCUT2D eigenvalue weighted by atomic mass is 127. The van der Waals surface area contributed by atoms with E-state index in [9.17, 15) is 14.9 Å². The zero-order chi connectivity index (χ0) is 12.4. The monoisotopic (exact) mass is 348 g/mol. The molecule has 0 radical (unpaired) electrons. The normalized spacial score (nSPS) is 16.1. The number of morpholine rings is 1. The Morgan fingerprint density at radius 3 is 2.82 bits per heavy atom. The average molecular weight is 348 g/mol. The number of rotatable bonds is 2. The molecule has 1 fully saturated rings. The van der Waals surface area contributed by atoms with E-state index < -0.39 is 4.92 Å². The lowest BCUT2D eigenvalue weighted by Crippen LogP contribution is -2.41. The maximum atomic E-state index is 11.6. The third-order valence-electron chi connectivity index (χ3n) is 2.38. The summed E-state index contributed by atoms with van der Waals surface area (Å²) in [5.41, 5.74) is 0.545. The van der Waals surface area contributed by atoms with E-state index in [1.807, 2.05) is 22.6 Å². The number of ether oxygens (including phenoxy) is 1. The molecule has 1 aromatic carbocycles. The molecule has 1 heterocycles. The highest BCUT2D eigenvalue weighted by Crippen LogP contribution is 2.25. The fourth-order valence-electron chi connectivity index (χ4n) is 1.61. The number of carbonyl (C=O) groups excluding carboxylic acids is 1. The number of amides is 1. The van der Waals surface area contributed by atoms with E-state index in [2.05, 4.69) is 0 Å². The molecule has 0 saturated carbocycles. The van der Waals surface area contributed by atoms with Crippen LogP contribution < -0.4 is 4.90 Å². The number of nitro benzene ring substituents is 1. The van der Waals surface area contributed by atoms with Gasteiger partial charge in [-0.3, -0.25) is 14.9 Å². The predicted molar refractivity (Wildman–Crippen MR) is 69.0 cm³/mol. The fourth-order valence-corrected chi connectivity index (χ4v) is 2.25. The molecule has 17 heavy (non-hydrogen) atoms. The van der Waals surface area contributed by atoms with Gasteiger partial charge in [-0.2, -0.15) is 0 Å². The molecule has 2 rings (SSSR count). The van der Waals surface area contributed by atoms with Gasteiger partial charge in [0.05, 0.1) is 17.2 Å². The van der Waals surface area contributed by atoms with Gasteiger partial charge in [0.15, 0.2) is 0 Å². The van der Waals surface area contributed by atoms with Gasteiger partial charge in [-0.1, -0.05) is 0 Å². The summed E-state index contributed by atoms with van der Waals surface area (Å²) < 4.78 is 5.74. The second-order valence-corrected chi connectivity index (χ2v) is 4.77. The van der Waals surface area contributed by atoms with E-state index in [1.54, 1.807) is 6.07 Å². The Kier molecular flexibility index (Phi) is 3.57. The summed E-state index contributed by atoms with van der Waals surface area (Å²) >= 11 is 1.99. The van der Waals surface area contributed by atoms with Crippen LogP contribution in [0.15, 0.2) is 18.2 Å². The molecular formula is C10H9IN2O4. The third kappa shape index (κ3) is 2.72. The number of hydrogen-bond acceptors (Lipinski definition) is 4. The molecule has 0 unspecified atom stereocenters. The molecule has 0 aliphatic carbocycles. The summed E-state index contributed by atoms with van der Waals surface area (Å²) in [5, 5.41) is 10.7. The van der Waals surface area contributed by atoms with Crippen molar-refractivity contribution in [1.82, 2.24) is 0 Å². The number of anilines is 1. The fraction of sp³-hybridized carbons (Fsp3) is 0.300. The maximum absolute atomic E-state index is 11.6. The smallest absolute Gasteiger partial charge is 0.272 e. The van der Waals surface area contributed by atoms with Crippen LogP contribution in [0.2, 0.25) is 0 Å². The first kappa shape index (κ1) is 12.2. The van der Waals surface area contributed by atoms with Crippen molar-refractivity contribution < 1.29 is 14.5 Å². The SMILES string of the molecule is O=C1COCCN1c1cc(I)cc([N+](=O)[O-])c1. The Hall–Kier alpha value is -1.22. The van der Waals surface area contributed by atoms with Crippen LogP contribution in [0.4, 0.5) is 11.4 Å². The average Bonchev–Trinajstić information content (AvgIpc) is 2.28. The van der Waals surface area contributed by atoms with E-state index in [-0.39, 0.29) is 18.2 Å². The molecule has 1 saturated heterocycles. The number of nitrogens with zero attached hydrogens (tertiary/aromatic N) is 2. The minimum Gasteiger partial charge on any atom is -0.370 e. The molecule has 0 bridgehead atoms. The van der Waals surface area contributed by atoms with Gasteiger partial charge < -0.3 is 9.64 Å². The molecule has 0 aromatic heterocycles. The Morgan fingerprint density at radius 1 is 1.41 bits per heavy atom. The minimum absolute atomic E-state index is 0.00816. The maximum Gasteiger partial charge on any atom is 0.272 e. The molecule has 1 aliphatic rings. The number of non-ortho nitro benzene ring substituents is 1. The first-order valence-electron chi connectivity index (χ1n) is 4.91. The van der Waals surface area contributed by atoms with Crippen molar-refractivity contribution in [3.8, 4) is 0 Å². The van der Waals surface area contributed by atoms with E-state index >= 15 is 0 Å². The lowest BCUT2D eigenvalue weighted by molar-refractivity contribution is -0.384. The van der Waals surface area contributed by atoms with Crippen LogP contribution in [0, 0.1) is 13.7 Å². The minimum atomic E-state index is -0.462. The van der Waals surface area contributed by atoms with Crippen molar-refractivity contribution in [3.63, 3.8) is 0 Å². The largest absolute Gasteiger partial charge is 0.370 e. The van der Waals surface area contributed by atoms with Crippen molar-refractivity contribution in [2.45, 2.75) is 0 Å². The van der Waals surface area contributed by atoms with Gasteiger partial charge >= 0.3 is 0 Å². The Labute approximate surface area is 111 Å². The molecule has 0 spiro atoms. The molecule has 90 valence electrons. The molecule has 0 N–H and O–H groups in total. The molecule has 0 atom stereocenters. The van der Waals surface area contributed by atoms with Gasteiger partial charge in [-0.25, -0.2) is 0 Å². The first-order chi connectivity index (χ1) is 8.08. The Balaban J connectivity index is 2.37. The lowest BCUT2D eigenvalue weighted by atomic mass is 10.2. The zero-order valence-corrected chi connectivity index (χ0v) is 10.9. The van der Waals surface area contributed by atoms with Gasteiger partial charge in [0.1, 0.15) is 6.61 Å². The number of benzene rings is 1. The molecule has 1 aliphatic heterocycles. The molecule has 6 nitrogen and oxygen atoms in total. The first-order valence-corrected chi connectivity index (χ1v) is 5.99. The van der Waals surface area contributed by atoms with E-state index in [0.717, 1.165) is 3.57 Å². The number of nitro groups is 1. The van der Waals surface area contributed by atoms with Crippen molar-refractivity contribution in [1.29, 1.82) is 0 Å². The van der Waals surface area contributed by atoms with Crippen molar-refractivity contribution in [2.75, 3.05) is 24.7 Å². The van der Waals surface area contributed by atoms with Crippen LogP contribution in [-0.2, 0) is 9.53 Å². The quantitative estimate of drug-likeness (QED) is 0.462. The second-order valence-electron chi connectivity index (χ2n) is 3.52. The highest BCUT2D eigenvalue weighted by Gasteiger charge is 2.22. The van der Waals surface area contributed by atoms with Gasteiger partial charge in [0, 0.05) is 22.2 Å². The lowest BCUT2D eigenvalue weighted by Gasteiger charge is -2.26. The zero-order valence-electron chi connectivity index (χ0n) is 8.76. The van der Waals surface area contributed by atoms with Crippen LogP contribution >= 0.6 is 22.6 Å². The summed E-state index contributed by atoms with van der Waals surface area (Å²) in [6, 6.07) is 4.62.